The van der Waals surface area contributed by atoms with Gasteiger partial charge in [-0.05, 0) is 110 Å². The summed E-state index contributed by atoms with van der Waals surface area (Å²) in [4.78, 5) is 16.5. The summed E-state index contributed by atoms with van der Waals surface area (Å²) in [6.07, 6.45) is 9.90. The lowest BCUT2D eigenvalue weighted by molar-refractivity contribution is -0.207. The second-order valence-electron chi connectivity index (χ2n) is 12.8. The fraction of sp³-hybridized carbons (Fsp3) is 0.793. The van der Waals surface area contributed by atoms with E-state index in [2.05, 4.69) is 31.1 Å². The first-order valence-corrected chi connectivity index (χ1v) is 13.9. The Morgan fingerprint density at radius 3 is 2.57 bits per heavy atom. The molecule has 4 aliphatic carbocycles. The molecular formula is C29H44N2O4. The first-order chi connectivity index (χ1) is 16.6. The Bertz CT molecular complexity index is 911. The van der Waals surface area contributed by atoms with Gasteiger partial charge in [0.05, 0.1) is 18.3 Å². The molecule has 1 aromatic heterocycles. The Kier molecular flexibility index (Phi) is 6.77. The van der Waals surface area contributed by atoms with Crippen molar-refractivity contribution in [2.24, 2.45) is 46.3 Å². The van der Waals surface area contributed by atoms with Gasteiger partial charge in [-0.15, -0.1) is 0 Å². The van der Waals surface area contributed by atoms with Crippen molar-refractivity contribution in [1.29, 1.82) is 0 Å². The third-order valence-electron chi connectivity index (χ3n) is 11.3. The lowest BCUT2D eigenvalue weighted by atomic mass is 9.43. The van der Waals surface area contributed by atoms with Gasteiger partial charge in [0.1, 0.15) is 0 Å². The van der Waals surface area contributed by atoms with E-state index in [0.717, 1.165) is 57.1 Å². The van der Waals surface area contributed by atoms with Gasteiger partial charge in [0, 0.05) is 24.5 Å². The normalized spacial score (nSPS) is 45.7. The zero-order valence-corrected chi connectivity index (χ0v) is 21.6. The molecule has 0 unspecified atom stereocenters. The summed E-state index contributed by atoms with van der Waals surface area (Å²) >= 11 is 0. The van der Waals surface area contributed by atoms with E-state index < -0.39 is 0 Å². The average Bonchev–Trinajstić information content (AvgIpc) is 3.18. The standard InChI is InChI=1S/C29H44N2O4/c1-17(4-7-26(35)31-19-9-12-30-13-10-19)21-5-6-22-27-23(16-25(34)29(21,22)3)28(2)11-8-20(32)14-18(28)15-24(27)33/h9-10,12-13,17-18,20-25,27,32-34H,4-8,11,14-16H2,1-3H3,(H,30,31,35)/t17-,18+,20-,21-,22+,23+,24-,25+,27+,28+,29-/m1/s1. The van der Waals surface area contributed by atoms with Gasteiger partial charge >= 0.3 is 0 Å². The number of hydrogen-bond donors (Lipinski definition) is 4. The molecule has 6 heteroatoms. The van der Waals surface area contributed by atoms with Gasteiger partial charge in [-0.25, -0.2) is 0 Å². The number of carbonyl (C=O) groups is 1. The van der Waals surface area contributed by atoms with E-state index in [9.17, 15) is 20.1 Å². The number of aliphatic hydroxyl groups excluding tert-OH is 3. The highest BCUT2D eigenvalue weighted by molar-refractivity contribution is 5.90. The van der Waals surface area contributed by atoms with Crippen molar-refractivity contribution in [2.45, 2.75) is 96.9 Å². The minimum atomic E-state index is -0.385. The van der Waals surface area contributed by atoms with Crippen LogP contribution in [0, 0.1) is 46.3 Å². The second-order valence-corrected chi connectivity index (χ2v) is 12.8. The predicted octanol–water partition coefficient (Wildman–Crippen LogP) is 4.40. The fourth-order valence-corrected chi connectivity index (χ4v) is 9.35. The summed E-state index contributed by atoms with van der Waals surface area (Å²) in [7, 11) is 0. The van der Waals surface area contributed by atoms with Crippen LogP contribution in [-0.2, 0) is 4.79 Å². The molecule has 0 aliphatic heterocycles. The molecule has 0 bridgehead atoms. The molecule has 4 aliphatic rings. The number of carbonyl (C=O) groups excluding carboxylic acids is 1. The Balaban J connectivity index is 1.29. The lowest BCUT2D eigenvalue weighted by Crippen LogP contribution is -2.62. The third kappa shape index (κ3) is 4.23. The van der Waals surface area contributed by atoms with Crippen LogP contribution < -0.4 is 5.32 Å². The first-order valence-electron chi connectivity index (χ1n) is 13.9. The second kappa shape index (κ2) is 9.42. The smallest absolute Gasteiger partial charge is 0.224 e. The number of nitrogens with zero attached hydrogens (tertiary/aromatic N) is 1. The summed E-state index contributed by atoms with van der Waals surface area (Å²) in [5.41, 5.74) is 0.647. The highest BCUT2D eigenvalue weighted by Crippen LogP contribution is 2.68. The Hall–Kier alpha value is -1.50. The van der Waals surface area contributed by atoms with E-state index in [4.69, 9.17) is 0 Å². The monoisotopic (exact) mass is 484 g/mol. The number of amides is 1. The highest BCUT2D eigenvalue weighted by atomic mass is 16.3. The number of pyridine rings is 1. The Labute approximate surface area is 209 Å². The lowest BCUT2D eigenvalue weighted by Gasteiger charge is -2.63. The number of aromatic nitrogens is 1. The fourth-order valence-electron chi connectivity index (χ4n) is 9.35. The van der Waals surface area contributed by atoms with Crippen LogP contribution in [0.5, 0.6) is 0 Å². The van der Waals surface area contributed by atoms with E-state index in [-0.39, 0.29) is 41.0 Å². The zero-order valence-electron chi connectivity index (χ0n) is 21.6. The van der Waals surface area contributed by atoms with E-state index in [1.54, 1.807) is 24.5 Å². The van der Waals surface area contributed by atoms with Crippen LogP contribution in [0.15, 0.2) is 24.5 Å². The summed E-state index contributed by atoms with van der Waals surface area (Å²) in [6, 6.07) is 3.60. The van der Waals surface area contributed by atoms with Gasteiger partial charge in [-0.1, -0.05) is 20.8 Å². The predicted molar refractivity (Wildman–Crippen MR) is 135 cm³/mol. The molecule has 11 atom stereocenters. The third-order valence-corrected chi connectivity index (χ3v) is 11.3. The highest BCUT2D eigenvalue weighted by Gasteiger charge is 2.65. The van der Waals surface area contributed by atoms with Crippen molar-refractivity contribution in [3.05, 3.63) is 24.5 Å². The molecule has 194 valence electrons. The van der Waals surface area contributed by atoms with Crippen LogP contribution in [-0.4, -0.2) is 44.5 Å². The number of hydrogen-bond acceptors (Lipinski definition) is 5. The zero-order chi connectivity index (χ0) is 25.0. The van der Waals surface area contributed by atoms with E-state index in [0.29, 0.717) is 36.0 Å². The first kappa shape index (κ1) is 25.2. The molecule has 5 rings (SSSR count). The van der Waals surface area contributed by atoms with Crippen molar-refractivity contribution in [3.8, 4) is 0 Å². The molecule has 0 radical (unpaired) electrons. The van der Waals surface area contributed by atoms with Crippen molar-refractivity contribution >= 4 is 11.6 Å². The molecule has 0 saturated heterocycles. The molecule has 0 spiro atoms. The SMILES string of the molecule is C[C@H](CCC(=O)Nc1ccncc1)[C@H]1CC[C@H]2[C@@H]3[C@H](O)C[C@@H]4C[C@H](O)CC[C@]4(C)[C@H]3C[C@H](O)[C@]12C. The molecule has 4 saturated carbocycles. The Morgan fingerprint density at radius 2 is 1.83 bits per heavy atom. The number of nitrogens with one attached hydrogen (secondary N) is 1. The van der Waals surface area contributed by atoms with Gasteiger partial charge in [0.15, 0.2) is 0 Å². The molecular weight excluding hydrogens is 440 g/mol. The number of rotatable bonds is 5. The van der Waals surface area contributed by atoms with Crippen molar-refractivity contribution in [1.82, 2.24) is 4.98 Å². The van der Waals surface area contributed by atoms with Crippen LogP contribution in [0.3, 0.4) is 0 Å². The van der Waals surface area contributed by atoms with E-state index >= 15 is 0 Å². The summed E-state index contributed by atoms with van der Waals surface area (Å²) < 4.78 is 0. The van der Waals surface area contributed by atoms with Crippen LogP contribution in [0.4, 0.5) is 5.69 Å². The number of aliphatic hydroxyl groups is 3. The topological polar surface area (TPSA) is 103 Å². The maximum Gasteiger partial charge on any atom is 0.224 e. The van der Waals surface area contributed by atoms with Crippen LogP contribution in [0.1, 0.15) is 78.6 Å². The molecule has 1 amide bonds. The number of anilines is 1. The van der Waals surface area contributed by atoms with Gasteiger partial charge in [-0.3, -0.25) is 9.78 Å². The number of fused-ring (bicyclic) bond motifs is 5. The van der Waals surface area contributed by atoms with Gasteiger partial charge in [0.25, 0.3) is 0 Å². The van der Waals surface area contributed by atoms with Crippen molar-refractivity contribution in [3.63, 3.8) is 0 Å². The summed E-state index contributed by atoms with van der Waals surface area (Å²) in [6.45, 7) is 6.89. The van der Waals surface area contributed by atoms with Crippen LogP contribution in [0.25, 0.3) is 0 Å². The van der Waals surface area contributed by atoms with Gasteiger partial charge in [0.2, 0.25) is 5.91 Å². The Morgan fingerprint density at radius 1 is 1.09 bits per heavy atom. The minimum absolute atomic E-state index is 0.0214. The van der Waals surface area contributed by atoms with Crippen LogP contribution >= 0.6 is 0 Å². The van der Waals surface area contributed by atoms with Crippen molar-refractivity contribution < 1.29 is 20.1 Å². The van der Waals surface area contributed by atoms with Crippen molar-refractivity contribution in [2.75, 3.05) is 5.32 Å². The molecule has 0 aromatic carbocycles. The summed E-state index contributed by atoms with van der Waals surface area (Å²) in [5, 5.41) is 36.4. The van der Waals surface area contributed by atoms with E-state index in [1.807, 2.05) is 0 Å². The molecule has 4 N–H and O–H groups in total. The molecule has 4 fully saturated rings. The van der Waals surface area contributed by atoms with E-state index in [1.165, 1.54) is 0 Å². The van der Waals surface area contributed by atoms with Gasteiger partial charge in [-0.2, -0.15) is 0 Å². The quantitative estimate of drug-likeness (QED) is 0.496. The molecule has 35 heavy (non-hydrogen) atoms. The minimum Gasteiger partial charge on any atom is -0.393 e. The largest absolute Gasteiger partial charge is 0.393 e. The average molecular weight is 485 g/mol. The van der Waals surface area contributed by atoms with Gasteiger partial charge < -0.3 is 20.6 Å². The molecule has 1 heterocycles. The maximum absolute atomic E-state index is 12.6. The van der Waals surface area contributed by atoms with Crippen LogP contribution in [0.2, 0.25) is 0 Å². The maximum atomic E-state index is 12.6. The summed E-state index contributed by atoms with van der Waals surface area (Å²) in [5.74, 6) is 1.90. The molecule has 6 nitrogen and oxygen atoms in total. The molecule has 1 aromatic rings.